The van der Waals surface area contributed by atoms with Gasteiger partial charge in [0.1, 0.15) is 5.56 Å². The lowest BCUT2D eigenvalue weighted by molar-refractivity contribution is -0.137. The summed E-state index contributed by atoms with van der Waals surface area (Å²) in [6.07, 6.45) is -2.63. The predicted octanol–water partition coefficient (Wildman–Crippen LogP) is 2.00. The summed E-state index contributed by atoms with van der Waals surface area (Å²) in [4.78, 5) is 39.0. The zero-order valence-electron chi connectivity index (χ0n) is 19.2. The first-order valence-electron chi connectivity index (χ1n) is 10.4. The van der Waals surface area contributed by atoms with Gasteiger partial charge in [-0.2, -0.15) is 13.2 Å². The highest BCUT2D eigenvalue weighted by molar-refractivity contribution is 7.90. The van der Waals surface area contributed by atoms with Crippen molar-refractivity contribution in [3.05, 3.63) is 92.3 Å². The molecular weight excluding hydrogens is 503 g/mol. The summed E-state index contributed by atoms with van der Waals surface area (Å²) in [6, 6.07) is 9.34. The van der Waals surface area contributed by atoms with Crippen LogP contribution in [-0.2, 0) is 33.8 Å². The van der Waals surface area contributed by atoms with Crippen molar-refractivity contribution in [2.45, 2.75) is 24.2 Å². The molecular formula is C23H22F3N3O6S. The summed E-state index contributed by atoms with van der Waals surface area (Å²) >= 11 is 0. The van der Waals surface area contributed by atoms with E-state index in [0.29, 0.717) is 16.2 Å². The summed E-state index contributed by atoms with van der Waals surface area (Å²) in [6.45, 7) is -0.112. The number of sulfone groups is 1. The number of hydrogen-bond donors (Lipinski definition) is 1. The third-order valence-corrected chi connectivity index (χ3v) is 6.30. The normalized spacial score (nSPS) is 11.9. The van der Waals surface area contributed by atoms with Crippen LogP contribution in [0.1, 0.15) is 21.5 Å². The number of nitrogens with one attached hydrogen (secondary N) is 1. The van der Waals surface area contributed by atoms with Gasteiger partial charge in [-0.15, -0.1) is 0 Å². The second kappa shape index (κ2) is 10.5. The molecule has 1 amide bonds. The molecule has 9 nitrogen and oxygen atoms in total. The Hall–Kier alpha value is -3.71. The number of ether oxygens (including phenoxy) is 1. The lowest BCUT2D eigenvalue weighted by Gasteiger charge is -2.14. The molecule has 0 atom stereocenters. The minimum Gasteiger partial charge on any atom is -0.383 e. The molecule has 0 fully saturated rings. The van der Waals surface area contributed by atoms with E-state index >= 15 is 0 Å². The Morgan fingerprint density at radius 1 is 1.08 bits per heavy atom. The van der Waals surface area contributed by atoms with Crippen molar-refractivity contribution in [2.75, 3.05) is 20.0 Å². The molecule has 1 aromatic heterocycles. The van der Waals surface area contributed by atoms with Crippen molar-refractivity contribution in [3.63, 3.8) is 0 Å². The number of halogens is 3. The van der Waals surface area contributed by atoms with Gasteiger partial charge in [0.2, 0.25) is 0 Å². The van der Waals surface area contributed by atoms with Crippen LogP contribution >= 0.6 is 0 Å². The maximum absolute atomic E-state index is 13.2. The van der Waals surface area contributed by atoms with Crippen molar-refractivity contribution in [3.8, 4) is 5.69 Å². The van der Waals surface area contributed by atoms with Crippen LogP contribution in [0.5, 0.6) is 0 Å². The summed E-state index contributed by atoms with van der Waals surface area (Å²) in [7, 11) is -2.03. The Bertz CT molecular complexity index is 1490. The van der Waals surface area contributed by atoms with Crippen LogP contribution in [0.15, 0.2) is 69.2 Å². The molecule has 0 aliphatic heterocycles. The maximum Gasteiger partial charge on any atom is 0.416 e. The molecule has 13 heteroatoms. The Kier molecular flexibility index (Phi) is 7.84. The molecule has 3 aromatic rings. The molecule has 0 radical (unpaired) electrons. The monoisotopic (exact) mass is 525 g/mol. The molecule has 192 valence electrons. The second-order valence-electron chi connectivity index (χ2n) is 7.80. The Balaban J connectivity index is 2.01. The fourth-order valence-corrected chi connectivity index (χ4v) is 3.92. The van der Waals surface area contributed by atoms with Crippen LogP contribution in [0.2, 0.25) is 0 Å². The van der Waals surface area contributed by atoms with Gasteiger partial charge in [0.25, 0.3) is 11.5 Å². The van der Waals surface area contributed by atoms with Gasteiger partial charge in [0, 0.05) is 26.1 Å². The summed E-state index contributed by atoms with van der Waals surface area (Å²) < 4.78 is 69.2. The molecule has 1 N–H and O–H groups in total. The third kappa shape index (κ3) is 6.10. The smallest absolute Gasteiger partial charge is 0.383 e. The fraction of sp³-hybridized carbons (Fsp3) is 0.261. The Morgan fingerprint density at radius 2 is 1.75 bits per heavy atom. The molecule has 0 bridgehead atoms. The number of rotatable bonds is 8. The highest BCUT2D eigenvalue weighted by Crippen LogP contribution is 2.29. The second-order valence-corrected chi connectivity index (χ2v) is 9.81. The van der Waals surface area contributed by atoms with E-state index in [4.69, 9.17) is 4.74 Å². The summed E-state index contributed by atoms with van der Waals surface area (Å²) in [5, 5.41) is 2.50. The van der Waals surface area contributed by atoms with Crippen LogP contribution < -0.4 is 16.6 Å². The van der Waals surface area contributed by atoms with Crippen LogP contribution in [0.25, 0.3) is 5.69 Å². The van der Waals surface area contributed by atoms with Gasteiger partial charge >= 0.3 is 11.9 Å². The summed E-state index contributed by atoms with van der Waals surface area (Å²) in [5.41, 5.74) is -3.40. The van der Waals surface area contributed by atoms with E-state index < -0.39 is 44.3 Å². The lowest BCUT2D eigenvalue weighted by atomic mass is 10.2. The van der Waals surface area contributed by atoms with Crippen molar-refractivity contribution in [1.29, 1.82) is 0 Å². The van der Waals surface area contributed by atoms with Crippen LogP contribution in [0, 0.1) is 0 Å². The van der Waals surface area contributed by atoms with Crippen molar-refractivity contribution >= 4 is 15.7 Å². The van der Waals surface area contributed by atoms with Crippen LogP contribution in [0.4, 0.5) is 13.2 Å². The molecule has 1 heterocycles. The van der Waals surface area contributed by atoms with Gasteiger partial charge in [-0.3, -0.25) is 14.2 Å². The topological polar surface area (TPSA) is 116 Å². The minimum absolute atomic E-state index is 0.0362. The maximum atomic E-state index is 13.2. The number of carbonyl (C=O) groups is 1. The quantitative estimate of drug-likeness (QED) is 0.481. The highest BCUT2D eigenvalue weighted by atomic mass is 32.2. The number of methoxy groups -OCH3 is 1. The van der Waals surface area contributed by atoms with Gasteiger partial charge in [-0.25, -0.2) is 17.8 Å². The highest BCUT2D eigenvalue weighted by Gasteiger charge is 2.31. The average molecular weight is 526 g/mol. The predicted molar refractivity (Wildman–Crippen MR) is 124 cm³/mol. The molecule has 0 saturated carbocycles. The van der Waals surface area contributed by atoms with Crippen molar-refractivity contribution < 1.29 is 31.1 Å². The molecule has 3 rings (SSSR count). The Labute approximate surface area is 203 Å². The molecule has 0 aliphatic carbocycles. The van der Waals surface area contributed by atoms with E-state index in [1.54, 1.807) is 0 Å². The van der Waals surface area contributed by atoms with Gasteiger partial charge in [-0.1, -0.05) is 18.2 Å². The SMILES string of the molecule is COCCn1cc(C(=O)NCc2ccc(S(C)(=O)=O)cc2)c(=O)n(-c2cccc(C(F)(F)F)c2)c1=O. The molecule has 0 aliphatic rings. The number of alkyl halides is 3. The van der Waals surface area contributed by atoms with Crippen LogP contribution in [-0.4, -0.2) is 43.4 Å². The average Bonchev–Trinajstić information content (AvgIpc) is 2.81. The number of amides is 1. The van der Waals surface area contributed by atoms with E-state index in [0.717, 1.165) is 35.2 Å². The zero-order valence-corrected chi connectivity index (χ0v) is 20.0. The van der Waals surface area contributed by atoms with Crippen molar-refractivity contribution in [1.82, 2.24) is 14.5 Å². The number of carbonyl (C=O) groups excluding carboxylic acids is 1. The van der Waals surface area contributed by atoms with E-state index in [2.05, 4.69) is 5.32 Å². The number of aromatic nitrogens is 2. The van der Waals surface area contributed by atoms with Crippen LogP contribution in [0.3, 0.4) is 0 Å². The lowest BCUT2D eigenvalue weighted by Crippen LogP contribution is -2.43. The first kappa shape index (κ1) is 26.9. The largest absolute Gasteiger partial charge is 0.416 e. The van der Waals surface area contributed by atoms with Gasteiger partial charge < -0.3 is 10.1 Å². The Morgan fingerprint density at radius 3 is 2.33 bits per heavy atom. The first-order chi connectivity index (χ1) is 16.8. The summed E-state index contributed by atoms with van der Waals surface area (Å²) in [5.74, 6) is -0.876. The van der Waals surface area contributed by atoms with Crippen molar-refractivity contribution in [2.24, 2.45) is 0 Å². The van der Waals surface area contributed by atoms with Gasteiger partial charge in [-0.05, 0) is 35.9 Å². The zero-order chi connectivity index (χ0) is 26.7. The van der Waals surface area contributed by atoms with E-state index in [9.17, 15) is 36.0 Å². The van der Waals surface area contributed by atoms with Gasteiger partial charge in [0.15, 0.2) is 9.84 Å². The van der Waals surface area contributed by atoms with E-state index in [-0.39, 0.29) is 30.3 Å². The number of nitrogens with zero attached hydrogens (tertiary/aromatic N) is 2. The fourth-order valence-electron chi connectivity index (χ4n) is 3.29. The van der Waals surface area contributed by atoms with Gasteiger partial charge in [0.05, 0.1) is 29.3 Å². The number of benzene rings is 2. The molecule has 2 aromatic carbocycles. The minimum atomic E-state index is -4.71. The molecule has 36 heavy (non-hydrogen) atoms. The molecule has 0 unspecified atom stereocenters. The van der Waals surface area contributed by atoms with E-state index in [1.165, 1.54) is 31.4 Å². The molecule has 0 saturated heterocycles. The molecule has 0 spiro atoms. The third-order valence-electron chi connectivity index (χ3n) is 5.17. The van der Waals surface area contributed by atoms with E-state index in [1.807, 2.05) is 0 Å². The first-order valence-corrected chi connectivity index (χ1v) is 12.3. The number of hydrogen-bond acceptors (Lipinski definition) is 6. The standard InChI is InChI=1S/C23H22F3N3O6S/c1-35-11-10-28-14-19(20(30)27-13-15-6-8-18(9-7-15)36(2,33)34)21(31)29(22(28)32)17-5-3-4-16(12-17)23(24,25)26/h3-9,12,14H,10-11,13H2,1-2H3,(H,27,30).